The standard InChI is InChI=1S/C16H20BrN3O.2ClH/c1-3-6-18-7-8-19-16(21)14-9-11(2)20-15-10-12(17)4-5-13(14)15;;/h4-5,9-10,18H,3,6-8H2,1-2H3,(H,19,21);2*1H. The zero-order chi connectivity index (χ0) is 15.2. The highest BCUT2D eigenvalue weighted by molar-refractivity contribution is 9.10. The smallest absolute Gasteiger partial charge is 0.252 e. The van der Waals surface area contributed by atoms with Crippen molar-refractivity contribution in [3.05, 3.63) is 40.0 Å². The Balaban J connectivity index is 0.00000242. The number of fused-ring (bicyclic) bond motifs is 1. The Hall–Kier alpha value is -0.880. The van der Waals surface area contributed by atoms with Gasteiger partial charge in [-0.25, -0.2) is 0 Å². The first-order valence-corrected chi connectivity index (χ1v) is 7.97. The van der Waals surface area contributed by atoms with Crippen LogP contribution in [-0.4, -0.2) is 30.5 Å². The Morgan fingerprint density at radius 2 is 1.91 bits per heavy atom. The van der Waals surface area contributed by atoms with Crippen LogP contribution in [0.25, 0.3) is 10.9 Å². The molecule has 0 aliphatic heterocycles. The largest absolute Gasteiger partial charge is 0.351 e. The normalized spacial score (nSPS) is 9.87. The summed E-state index contributed by atoms with van der Waals surface area (Å²) in [6.45, 7) is 6.40. The number of carbonyl (C=O) groups excluding carboxylic acids is 1. The quantitative estimate of drug-likeness (QED) is 0.694. The minimum Gasteiger partial charge on any atom is -0.351 e. The summed E-state index contributed by atoms with van der Waals surface area (Å²) in [4.78, 5) is 16.8. The highest BCUT2D eigenvalue weighted by atomic mass is 79.9. The van der Waals surface area contributed by atoms with Crippen molar-refractivity contribution in [1.29, 1.82) is 0 Å². The average Bonchev–Trinajstić information content (AvgIpc) is 2.45. The summed E-state index contributed by atoms with van der Waals surface area (Å²) in [5.74, 6) is -0.0499. The van der Waals surface area contributed by atoms with Crippen LogP contribution >= 0.6 is 40.7 Å². The molecule has 2 N–H and O–H groups in total. The molecular formula is C16H22BrCl2N3O. The molecule has 0 radical (unpaired) electrons. The van der Waals surface area contributed by atoms with Crippen molar-refractivity contribution in [2.24, 2.45) is 0 Å². The first-order chi connectivity index (χ1) is 10.1. The molecule has 0 saturated heterocycles. The highest BCUT2D eigenvalue weighted by Gasteiger charge is 2.11. The van der Waals surface area contributed by atoms with Crippen LogP contribution in [0.1, 0.15) is 29.4 Å². The van der Waals surface area contributed by atoms with Crippen molar-refractivity contribution in [3.8, 4) is 0 Å². The molecule has 1 aromatic heterocycles. The van der Waals surface area contributed by atoms with E-state index in [1.165, 1.54) is 0 Å². The number of nitrogens with one attached hydrogen (secondary N) is 2. The molecule has 0 spiro atoms. The summed E-state index contributed by atoms with van der Waals surface area (Å²) < 4.78 is 0.961. The van der Waals surface area contributed by atoms with E-state index >= 15 is 0 Å². The lowest BCUT2D eigenvalue weighted by atomic mass is 10.1. The van der Waals surface area contributed by atoms with Gasteiger partial charge in [-0.15, -0.1) is 24.8 Å². The topological polar surface area (TPSA) is 54.0 Å². The maximum absolute atomic E-state index is 12.4. The van der Waals surface area contributed by atoms with E-state index in [1.807, 2.05) is 31.2 Å². The molecule has 0 aliphatic carbocycles. The number of rotatable bonds is 6. The van der Waals surface area contributed by atoms with Crippen molar-refractivity contribution < 1.29 is 4.79 Å². The van der Waals surface area contributed by atoms with Crippen molar-refractivity contribution in [3.63, 3.8) is 0 Å². The predicted octanol–water partition coefficient (Wildman–Crippen LogP) is 3.88. The van der Waals surface area contributed by atoms with Crippen molar-refractivity contribution in [2.75, 3.05) is 19.6 Å². The van der Waals surface area contributed by atoms with Crippen LogP contribution in [0, 0.1) is 6.92 Å². The Labute approximate surface area is 157 Å². The fourth-order valence-electron chi connectivity index (χ4n) is 2.18. The number of aryl methyl sites for hydroxylation is 1. The molecule has 0 atom stereocenters. The van der Waals surface area contributed by atoms with Gasteiger partial charge in [0.1, 0.15) is 0 Å². The molecule has 128 valence electrons. The minimum absolute atomic E-state index is 0. The zero-order valence-electron chi connectivity index (χ0n) is 13.2. The van der Waals surface area contributed by atoms with Crippen LogP contribution in [0.4, 0.5) is 0 Å². The fraction of sp³-hybridized carbons (Fsp3) is 0.375. The molecule has 23 heavy (non-hydrogen) atoms. The molecule has 0 bridgehead atoms. The van der Waals surface area contributed by atoms with Gasteiger partial charge in [0.2, 0.25) is 0 Å². The number of halogens is 3. The van der Waals surface area contributed by atoms with Gasteiger partial charge in [0.05, 0.1) is 11.1 Å². The molecule has 0 unspecified atom stereocenters. The molecule has 0 aliphatic rings. The van der Waals surface area contributed by atoms with Crippen LogP contribution in [0.3, 0.4) is 0 Å². The molecule has 1 amide bonds. The van der Waals surface area contributed by atoms with Gasteiger partial charge in [0, 0.05) is 28.6 Å². The predicted molar refractivity (Wildman–Crippen MR) is 104 cm³/mol. The number of pyridine rings is 1. The monoisotopic (exact) mass is 421 g/mol. The van der Waals surface area contributed by atoms with Crippen LogP contribution in [0.5, 0.6) is 0 Å². The Morgan fingerprint density at radius 1 is 1.17 bits per heavy atom. The number of hydrogen-bond acceptors (Lipinski definition) is 3. The van der Waals surface area contributed by atoms with Gasteiger partial charge < -0.3 is 10.6 Å². The van der Waals surface area contributed by atoms with E-state index < -0.39 is 0 Å². The van der Waals surface area contributed by atoms with Crippen molar-refractivity contribution in [2.45, 2.75) is 20.3 Å². The number of amides is 1. The summed E-state index contributed by atoms with van der Waals surface area (Å²) in [7, 11) is 0. The minimum atomic E-state index is -0.0499. The lowest BCUT2D eigenvalue weighted by Crippen LogP contribution is -2.32. The second kappa shape index (κ2) is 10.8. The zero-order valence-corrected chi connectivity index (χ0v) is 16.4. The van der Waals surface area contributed by atoms with Gasteiger partial charge in [-0.2, -0.15) is 0 Å². The number of carbonyl (C=O) groups is 1. The SMILES string of the molecule is CCCNCCNC(=O)c1cc(C)nc2cc(Br)ccc12.Cl.Cl. The van der Waals surface area contributed by atoms with E-state index in [0.29, 0.717) is 12.1 Å². The van der Waals surface area contributed by atoms with Crippen molar-refractivity contribution in [1.82, 2.24) is 15.6 Å². The van der Waals surface area contributed by atoms with Gasteiger partial charge in [-0.1, -0.05) is 28.9 Å². The van der Waals surface area contributed by atoms with Crippen LogP contribution < -0.4 is 10.6 Å². The van der Waals surface area contributed by atoms with Gasteiger partial charge >= 0.3 is 0 Å². The molecule has 4 nitrogen and oxygen atoms in total. The molecule has 0 fully saturated rings. The van der Waals surface area contributed by atoms with E-state index in [0.717, 1.165) is 40.6 Å². The number of hydrogen-bond donors (Lipinski definition) is 2. The summed E-state index contributed by atoms with van der Waals surface area (Å²) in [5, 5.41) is 7.09. The van der Waals surface area contributed by atoms with Gasteiger partial charge in [0.25, 0.3) is 5.91 Å². The second-order valence-corrected chi connectivity index (χ2v) is 5.89. The van der Waals surface area contributed by atoms with Gasteiger partial charge in [0.15, 0.2) is 0 Å². The van der Waals surface area contributed by atoms with Crippen molar-refractivity contribution >= 4 is 57.6 Å². The first kappa shape index (κ1) is 22.1. The Morgan fingerprint density at radius 3 is 2.61 bits per heavy atom. The van der Waals surface area contributed by atoms with E-state index in [2.05, 4.69) is 38.5 Å². The fourth-order valence-corrected chi connectivity index (χ4v) is 2.53. The highest BCUT2D eigenvalue weighted by Crippen LogP contribution is 2.22. The third kappa shape index (κ3) is 6.26. The average molecular weight is 423 g/mol. The maximum Gasteiger partial charge on any atom is 0.252 e. The molecule has 2 rings (SSSR count). The second-order valence-electron chi connectivity index (χ2n) is 4.98. The van der Waals surface area contributed by atoms with Crippen LogP contribution in [0.15, 0.2) is 28.7 Å². The van der Waals surface area contributed by atoms with E-state index in [1.54, 1.807) is 0 Å². The number of aromatic nitrogens is 1. The lowest BCUT2D eigenvalue weighted by Gasteiger charge is -2.10. The number of nitrogens with zero attached hydrogens (tertiary/aromatic N) is 1. The van der Waals surface area contributed by atoms with Gasteiger partial charge in [-0.05, 0) is 38.1 Å². The molecule has 1 aromatic carbocycles. The van der Waals surface area contributed by atoms with Crippen LogP contribution in [0.2, 0.25) is 0 Å². The summed E-state index contributed by atoms with van der Waals surface area (Å²) in [6, 6.07) is 7.63. The summed E-state index contributed by atoms with van der Waals surface area (Å²) in [5.41, 5.74) is 2.36. The molecule has 7 heteroatoms. The molecule has 1 heterocycles. The molecular weight excluding hydrogens is 401 g/mol. The first-order valence-electron chi connectivity index (χ1n) is 7.17. The van der Waals surface area contributed by atoms with E-state index in [4.69, 9.17) is 0 Å². The third-order valence-corrected chi connectivity index (χ3v) is 3.65. The third-order valence-electron chi connectivity index (χ3n) is 3.16. The molecule has 2 aromatic rings. The Kier molecular flexibility index (Phi) is 10.4. The Bertz CT molecular complexity index is 647. The van der Waals surface area contributed by atoms with Gasteiger partial charge in [-0.3, -0.25) is 9.78 Å². The van der Waals surface area contributed by atoms with E-state index in [-0.39, 0.29) is 30.7 Å². The number of benzene rings is 1. The lowest BCUT2D eigenvalue weighted by molar-refractivity contribution is 0.0955. The summed E-state index contributed by atoms with van der Waals surface area (Å²) >= 11 is 3.44. The van der Waals surface area contributed by atoms with E-state index in [9.17, 15) is 4.79 Å². The maximum atomic E-state index is 12.4. The molecule has 0 saturated carbocycles. The summed E-state index contributed by atoms with van der Waals surface area (Å²) in [6.07, 6.45) is 1.09. The van der Waals surface area contributed by atoms with Crippen LogP contribution in [-0.2, 0) is 0 Å².